The number of nitrogens with one attached hydrogen (secondary N) is 1. The van der Waals surface area contributed by atoms with Crippen molar-refractivity contribution in [3.05, 3.63) is 57.3 Å². The lowest BCUT2D eigenvalue weighted by Gasteiger charge is -2.09. The third-order valence-corrected chi connectivity index (χ3v) is 3.30. The maximum Gasteiger partial charge on any atom is 0.256 e. The minimum Gasteiger partial charge on any atom is -0.505 e. The molecule has 0 atom stereocenters. The molecule has 6 heteroatoms. The second-order valence-corrected chi connectivity index (χ2v) is 5.02. The van der Waals surface area contributed by atoms with Gasteiger partial charge in [0.2, 0.25) is 0 Å². The van der Waals surface area contributed by atoms with Gasteiger partial charge in [-0.05, 0) is 36.8 Å². The van der Waals surface area contributed by atoms with Gasteiger partial charge >= 0.3 is 0 Å². The Hall–Kier alpha value is -1.78. The van der Waals surface area contributed by atoms with Crippen LogP contribution < -0.4 is 5.32 Å². The molecule has 0 radical (unpaired) electrons. The van der Waals surface area contributed by atoms with Crippen molar-refractivity contribution in [3.8, 4) is 5.75 Å². The topological polar surface area (TPSA) is 49.3 Å². The van der Waals surface area contributed by atoms with Crippen LogP contribution in [-0.2, 0) is 0 Å². The Morgan fingerprint density at radius 2 is 1.80 bits per heavy atom. The molecule has 2 aromatic rings. The van der Waals surface area contributed by atoms with Crippen molar-refractivity contribution >= 4 is 34.8 Å². The zero-order valence-electron chi connectivity index (χ0n) is 10.4. The van der Waals surface area contributed by atoms with Crippen LogP contribution in [-0.4, -0.2) is 11.0 Å². The van der Waals surface area contributed by atoms with Crippen LogP contribution in [0.1, 0.15) is 15.9 Å². The number of amides is 1. The third kappa shape index (κ3) is 3.03. The second kappa shape index (κ2) is 5.69. The quantitative estimate of drug-likeness (QED) is 0.807. The molecule has 3 nitrogen and oxygen atoms in total. The summed E-state index contributed by atoms with van der Waals surface area (Å²) in [7, 11) is 0. The highest BCUT2D eigenvalue weighted by Gasteiger charge is 2.13. The van der Waals surface area contributed by atoms with E-state index in [2.05, 4.69) is 5.32 Å². The van der Waals surface area contributed by atoms with Gasteiger partial charge in [0, 0.05) is 11.3 Å². The first-order chi connectivity index (χ1) is 9.38. The van der Waals surface area contributed by atoms with Gasteiger partial charge in [-0.3, -0.25) is 4.79 Å². The molecule has 0 fully saturated rings. The number of hydrogen-bond acceptors (Lipinski definition) is 2. The smallest absolute Gasteiger partial charge is 0.256 e. The Bertz CT molecular complexity index is 666. The first-order valence-corrected chi connectivity index (χ1v) is 6.39. The highest BCUT2D eigenvalue weighted by Crippen LogP contribution is 2.34. The molecule has 0 aliphatic heterocycles. The van der Waals surface area contributed by atoms with Gasteiger partial charge in [0.25, 0.3) is 5.91 Å². The minimum atomic E-state index is -0.498. The maximum absolute atomic E-state index is 13.2. The van der Waals surface area contributed by atoms with Gasteiger partial charge < -0.3 is 10.4 Å². The fourth-order valence-electron chi connectivity index (χ4n) is 1.67. The molecule has 1 amide bonds. The summed E-state index contributed by atoms with van der Waals surface area (Å²) in [5.74, 6) is -1.24. The number of benzene rings is 2. The summed E-state index contributed by atoms with van der Waals surface area (Å²) in [6.07, 6.45) is 0. The van der Waals surface area contributed by atoms with Gasteiger partial charge in [0.15, 0.2) is 5.75 Å². The standard InChI is InChI=1S/C14H10Cl2FNO2/c1-7-2-3-8(17)4-10(7)14(20)18-9-5-11(15)13(19)12(16)6-9/h2-6,19H,1H3,(H,18,20). The van der Waals surface area contributed by atoms with Crippen LogP contribution in [0.25, 0.3) is 0 Å². The molecular formula is C14H10Cl2FNO2. The van der Waals surface area contributed by atoms with E-state index in [0.29, 0.717) is 11.3 Å². The fourth-order valence-corrected chi connectivity index (χ4v) is 2.16. The Balaban J connectivity index is 2.30. The average molecular weight is 314 g/mol. The van der Waals surface area contributed by atoms with Gasteiger partial charge in [0.1, 0.15) is 5.82 Å². The third-order valence-electron chi connectivity index (χ3n) is 2.72. The van der Waals surface area contributed by atoms with Crippen molar-refractivity contribution < 1.29 is 14.3 Å². The molecule has 2 rings (SSSR count). The lowest BCUT2D eigenvalue weighted by Crippen LogP contribution is -2.13. The molecule has 0 unspecified atom stereocenters. The number of carbonyl (C=O) groups is 1. The molecule has 0 aromatic heterocycles. The van der Waals surface area contributed by atoms with Crippen LogP contribution in [0.2, 0.25) is 10.0 Å². The fraction of sp³-hybridized carbons (Fsp3) is 0.0714. The summed E-state index contributed by atoms with van der Waals surface area (Å²) in [5.41, 5.74) is 1.16. The molecule has 0 bridgehead atoms. The summed E-state index contributed by atoms with van der Waals surface area (Å²) in [6, 6.07) is 6.65. The van der Waals surface area contributed by atoms with Crippen molar-refractivity contribution in [1.29, 1.82) is 0 Å². The average Bonchev–Trinajstić information content (AvgIpc) is 2.38. The summed E-state index contributed by atoms with van der Waals surface area (Å²) in [6.45, 7) is 1.70. The monoisotopic (exact) mass is 313 g/mol. The first-order valence-electron chi connectivity index (χ1n) is 5.64. The van der Waals surface area contributed by atoms with Gasteiger partial charge in [-0.1, -0.05) is 29.3 Å². The van der Waals surface area contributed by atoms with Gasteiger partial charge in [-0.2, -0.15) is 0 Å². The number of phenols is 1. The SMILES string of the molecule is Cc1ccc(F)cc1C(=O)Nc1cc(Cl)c(O)c(Cl)c1. The number of rotatable bonds is 2. The van der Waals surface area contributed by atoms with E-state index in [1.807, 2.05) is 0 Å². The summed E-state index contributed by atoms with van der Waals surface area (Å²) in [5, 5.41) is 12.0. The lowest BCUT2D eigenvalue weighted by atomic mass is 10.1. The van der Waals surface area contributed by atoms with E-state index in [4.69, 9.17) is 23.2 Å². The zero-order valence-corrected chi connectivity index (χ0v) is 11.9. The molecule has 20 heavy (non-hydrogen) atoms. The van der Waals surface area contributed by atoms with Gasteiger partial charge in [-0.15, -0.1) is 0 Å². The highest BCUT2D eigenvalue weighted by molar-refractivity contribution is 6.37. The van der Waals surface area contributed by atoms with Crippen molar-refractivity contribution in [2.75, 3.05) is 5.32 Å². The Labute approximate surface area is 124 Å². The summed E-state index contributed by atoms with van der Waals surface area (Å²) in [4.78, 5) is 12.1. The number of carbonyl (C=O) groups excluding carboxylic acids is 1. The number of halogens is 3. The molecule has 0 saturated heterocycles. The number of hydrogen-bond donors (Lipinski definition) is 2. The second-order valence-electron chi connectivity index (χ2n) is 4.20. The molecule has 104 valence electrons. The Kier molecular flexibility index (Phi) is 4.16. The predicted molar refractivity (Wildman–Crippen MR) is 77.2 cm³/mol. The van der Waals surface area contributed by atoms with E-state index in [0.717, 1.165) is 6.07 Å². The van der Waals surface area contributed by atoms with Crippen molar-refractivity contribution in [3.63, 3.8) is 0 Å². The maximum atomic E-state index is 13.2. The van der Waals surface area contributed by atoms with E-state index >= 15 is 0 Å². The van der Waals surface area contributed by atoms with Crippen LogP contribution in [0.5, 0.6) is 5.75 Å². The molecule has 2 N–H and O–H groups in total. The van der Waals surface area contributed by atoms with Crippen LogP contribution >= 0.6 is 23.2 Å². The van der Waals surface area contributed by atoms with Crippen molar-refractivity contribution in [1.82, 2.24) is 0 Å². The molecule has 0 aliphatic rings. The lowest BCUT2D eigenvalue weighted by molar-refractivity contribution is 0.102. The van der Waals surface area contributed by atoms with E-state index in [9.17, 15) is 14.3 Å². The van der Waals surface area contributed by atoms with E-state index < -0.39 is 11.7 Å². The molecule has 0 aliphatic carbocycles. The van der Waals surface area contributed by atoms with E-state index in [1.165, 1.54) is 24.3 Å². The molecular weight excluding hydrogens is 304 g/mol. The van der Waals surface area contributed by atoms with Crippen LogP contribution in [0.3, 0.4) is 0 Å². The number of anilines is 1. The summed E-state index contributed by atoms with van der Waals surface area (Å²) >= 11 is 11.5. The van der Waals surface area contributed by atoms with Crippen LogP contribution in [0.4, 0.5) is 10.1 Å². The molecule has 2 aromatic carbocycles. The molecule has 0 saturated carbocycles. The van der Waals surface area contributed by atoms with E-state index in [-0.39, 0.29) is 21.4 Å². The zero-order chi connectivity index (χ0) is 14.9. The predicted octanol–water partition coefficient (Wildman–Crippen LogP) is 4.40. The number of phenolic OH excluding ortho intramolecular Hbond substituents is 1. The largest absolute Gasteiger partial charge is 0.505 e. The number of aromatic hydroxyl groups is 1. The minimum absolute atomic E-state index is 0.0174. The molecule has 0 spiro atoms. The Morgan fingerprint density at radius 3 is 2.40 bits per heavy atom. The number of aryl methyl sites for hydroxylation is 1. The van der Waals surface area contributed by atoms with Crippen LogP contribution in [0.15, 0.2) is 30.3 Å². The van der Waals surface area contributed by atoms with Gasteiger partial charge in [0.05, 0.1) is 10.0 Å². The van der Waals surface area contributed by atoms with Crippen LogP contribution in [0, 0.1) is 12.7 Å². The highest BCUT2D eigenvalue weighted by atomic mass is 35.5. The molecule has 0 heterocycles. The Morgan fingerprint density at radius 1 is 1.20 bits per heavy atom. The van der Waals surface area contributed by atoms with E-state index in [1.54, 1.807) is 6.92 Å². The van der Waals surface area contributed by atoms with Crippen molar-refractivity contribution in [2.45, 2.75) is 6.92 Å². The van der Waals surface area contributed by atoms with Crippen molar-refractivity contribution in [2.24, 2.45) is 0 Å². The normalized spacial score (nSPS) is 10.4. The summed E-state index contributed by atoms with van der Waals surface area (Å²) < 4.78 is 13.2. The van der Waals surface area contributed by atoms with Gasteiger partial charge in [-0.25, -0.2) is 4.39 Å². The first kappa shape index (κ1) is 14.6.